The third-order valence-corrected chi connectivity index (χ3v) is 7.32. The lowest BCUT2D eigenvalue weighted by Gasteiger charge is -2.28. The molecule has 0 bridgehead atoms. The average molecular weight is 426 g/mol. The lowest BCUT2D eigenvalue weighted by Crippen LogP contribution is -2.37. The van der Waals surface area contributed by atoms with Gasteiger partial charge in [0, 0.05) is 30.0 Å². The number of benzene rings is 1. The van der Waals surface area contributed by atoms with Crippen LogP contribution in [0.25, 0.3) is 0 Å². The molecule has 0 spiro atoms. The van der Waals surface area contributed by atoms with E-state index in [1.54, 1.807) is 18.5 Å². The van der Waals surface area contributed by atoms with E-state index in [0.717, 1.165) is 5.56 Å². The molecule has 1 saturated carbocycles. The van der Waals surface area contributed by atoms with E-state index in [2.05, 4.69) is 15.6 Å². The van der Waals surface area contributed by atoms with Crippen LogP contribution in [0.4, 0.5) is 14.9 Å². The zero-order valence-electron chi connectivity index (χ0n) is 15.0. The smallest absolute Gasteiger partial charge is 0.319 e. The summed E-state index contributed by atoms with van der Waals surface area (Å²) in [5.74, 6) is 0. The number of amides is 2. The Hall–Kier alpha value is -2.19. The second-order valence-corrected chi connectivity index (χ2v) is 9.49. The summed E-state index contributed by atoms with van der Waals surface area (Å²) in [5, 5.41) is 3.91. The number of alkyl halides is 2. The molecule has 1 aromatic heterocycles. The number of rotatable bonds is 5. The Labute approximate surface area is 168 Å². The van der Waals surface area contributed by atoms with Gasteiger partial charge in [0.1, 0.15) is 6.17 Å². The molecular weight excluding hydrogens is 405 g/mol. The van der Waals surface area contributed by atoms with Crippen molar-refractivity contribution in [2.24, 2.45) is 0 Å². The molecule has 0 radical (unpaired) electrons. The van der Waals surface area contributed by atoms with Gasteiger partial charge in [0.05, 0.1) is 10.1 Å². The number of carbonyl (C=O) groups is 1. The van der Waals surface area contributed by atoms with Crippen LogP contribution in [0.5, 0.6) is 0 Å². The van der Waals surface area contributed by atoms with Crippen LogP contribution in [-0.4, -0.2) is 36.2 Å². The van der Waals surface area contributed by atoms with E-state index in [4.69, 9.17) is 11.6 Å². The Balaban J connectivity index is 1.60. The first-order valence-electron chi connectivity index (χ1n) is 8.92. The maximum atomic E-state index is 14.2. The average Bonchev–Trinajstić information content (AvgIpc) is 2.67. The number of hydrogen-bond donors (Lipinski definition) is 2. The lowest BCUT2D eigenvalue weighted by molar-refractivity contribution is 0.251. The van der Waals surface area contributed by atoms with E-state index >= 15 is 0 Å². The zero-order chi connectivity index (χ0) is 20.1. The quantitative estimate of drug-likeness (QED) is 0.715. The van der Waals surface area contributed by atoms with Gasteiger partial charge in [0.2, 0.25) is 0 Å². The molecule has 1 aliphatic carbocycles. The fourth-order valence-electron chi connectivity index (χ4n) is 3.15. The SMILES string of the molecule is O=C(NCc1cccnc1)Nc1ccc(S(=O)(=O)C2CCC(Cl)CC2F)cc1. The lowest BCUT2D eigenvalue weighted by atomic mass is 9.98. The normalized spacial score (nSPS) is 22.4. The highest BCUT2D eigenvalue weighted by atomic mass is 35.5. The van der Waals surface area contributed by atoms with Gasteiger partial charge < -0.3 is 10.6 Å². The zero-order valence-corrected chi connectivity index (χ0v) is 16.6. The van der Waals surface area contributed by atoms with Crippen molar-refractivity contribution in [2.45, 2.75) is 47.5 Å². The fourth-order valence-corrected chi connectivity index (χ4v) is 5.26. The Morgan fingerprint density at radius 3 is 2.61 bits per heavy atom. The van der Waals surface area contributed by atoms with Crippen molar-refractivity contribution < 1.29 is 17.6 Å². The monoisotopic (exact) mass is 425 g/mol. The third-order valence-electron chi connectivity index (χ3n) is 4.66. The van der Waals surface area contributed by atoms with Crippen molar-refractivity contribution in [1.82, 2.24) is 10.3 Å². The first kappa shape index (κ1) is 20.5. The molecule has 1 aliphatic rings. The number of hydrogen-bond acceptors (Lipinski definition) is 4. The summed E-state index contributed by atoms with van der Waals surface area (Å²) >= 11 is 5.92. The molecule has 2 N–H and O–H groups in total. The minimum Gasteiger partial charge on any atom is -0.334 e. The summed E-state index contributed by atoms with van der Waals surface area (Å²) in [6.45, 7) is 0.313. The van der Waals surface area contributed by atoms with Gasteiger partial charge in [0.15, 0.2) is 9.84 Å². The number of sulfone groups is 1. The largest absolute Gasteiger partial charge is 0.334 e. The number of nitrogens with one attached hydrogen (secondary N) is 2. The molecule has 3 rings (SSSR count). The molecule has 6 nitrogen and oxygen atoms in total. The molecule has 3 atom stereocenters. The van der Waals surface area contributed by atoms with Crippen LogP contribution in [0.2, 0.25) is 0 Å². The highest BCUT2D eigenvalue weighted by molar-refractivity contribution is 7.92. The summed E-state index contributed by atoms with van der Waals surface area (Å²) in [4.78, 5) is 16.0. The number of carbonyl (C=O) groups excluding carboxylic acids is 1. The van der Waals surface area contributed by atoms with Crippen LogP contribution in [0.15, 0.2) is 53.7 Å². The minimum atomic E-state index is -3.80. The Bertz CT molecular complexity index is 910. The van der Waals surface area contributed by atoms with Gasteiger partial charge in [-0.3, -0.25) is 4.98 Å². The molecule has 150 valence electrons. The maximum absolute atomic E-state index is 14.2. The summed E-state index contributed by atoms with van der Waals surface area (Å²) in [6.07, 6.45) is 2.54. The highest BCUT2D eigenvalue weighted by Crippen LogP contribution is 2.33. The van der Waals surface area contributed by atoms with Crippen LogP contribution >= 0.6 is 11.6 Å². The molecule has 1 heterocycles. The number of urea groups is 1. The second kappa shape index (κ2) is 8.87. The Kier molecular flexibility index (Phi) is 6.51. The van der Waals surface area contributed by atoms with E-state index in [1.165, 1.54) is 24.3 Å². The molecule has 9 heteroatoms. The molecule has 1 fully saturated rings. The summed E-state index contributed by atoms with van der Waals surface area (Å²) in [6, 6.07) is 8.91. The van der Waals surface area contributed by atoms with Crippen molar-refractivity contribution >= 4 is 33.2 Å². The van der Waals surface area contributed by atoms with Gasteiger partial charge in [-0.05, 0) is 55.2 Å². The third kappa shape index (κ3) is 4.99. The van der Waals surface area contributed by atoms with Gasteiger partial charge in [-0.1, -0.05) is 6.07 Å². The molecule has 2 aromatic rings. The van der Waals surface area contributed by atoms with Gasteiger partial charge in [-0.25, -0.2) is 17.6 Å². The van der Waals surface area contributed by atoms with E-state index in [9.17, 15) is 17.6 Å². The van der Waals surface area contributed by atoms with Gasteiger partial charge >= 0.3 is 6.03 Å². The molecule has 1 aromatic carbocycles. The number of pyridine rings is 1. The van der Waals surface area contributed by atoms with E-state index in [-0.39, 0.29) is 23.1 Å². The van der Waals surface area contributed by atoms with Gasteiger partial charge in [0.25, 0.3) is 0 Å². The highest BCUT2D eigenvalue weighted by Gasteiger charge is 2.39. The van der Waals surface area contributed by atoms with Crippen molar-refractivity contribution in [3.8, 4) is 0 Å². The fraction of sp³-hybridized carbons (Fsp3) is 0.368. The van der Waals surface area contributed by atoms with Crippen LogP contribution in [0, 0.1) is 0 Å². The van der Waals surface area contributed by atoms with E-state index < -0.39 is 27.3 Å². The van der Waals surface area contributed by atoms with Crippen LogP contribution in [-0.2, 0) is 16.4 Å². The van der Waals surface area contributed by atoms with Crippen molar-refractivity contribution in [1.29, 1.82) is 0 Å². The second-order valence-electron chi connectivity index (χ2n) is 6.70. The van der Waals surface area contributed by atoms with E-state index in [1.807, 2.05) is 6.07 Å². The molecule has 3 unspecified atom stereocenters. The van der Waals surface area contributed by atoms with E-state index in [0.29, 0.717) is 18.7 Å². The Morgan fingerprint density at radius 1 is 1.21 bits per heavy atom. The first-order chi connectivity index (χ1) is 13.4. The number of anilines is 1. The molecular formula is C19H21ClFN3O3S. The minimum absolute atomic E-state index is 0.0366. The maximum Gasteiger partial charge on any atom is 0.319 e. The standard InChI is InChI=1S/C19H21ClFN3O3S/c20-14-3-8-18(17(21)10-14)28(26,27)16-6-4-15(5-7-16)24-19(25)23-12-13-2-1-9-22-11-13/h1-2,4-7,9,11,14,17-18H,3,8,10,12H2,(H2,23,24,25). The molecule has 28 heavy (non-hydrogen) atoms. The van der Waals surface area contributed by atoms with Crippen LogP contribution < -0.4 is 10.6 Å². The van der Waals surface area contributed by atoms with Crippen LogP contribution in [0.1, 0.15) is 24.8 Å². The molecule has 0 saturated heterocycles. The predicted octanol–water partition coefficient (Wildman–Crippen LogP) is 3.68. The van der Waals surface area contributed by atoms with Crippen LogP contribution in [0.3, 0.4) is 0 Å². The summed E-state index contributed by atoms with van der Waals surface area (Å²) in [5.41, 5.74) is 1.29. The van der Waals surface area contributed by atoms with Gasteiger partial charge in [-0.2, -0.15) is 0 Å². The van der Waals surface area contributed by atoms with Gasteiger partial charge in [-0.15, -0.1) is 11.6 Å². The van der Waals surface area contributed by atoms with Crippen molar-refractivity contribution in [3.63, 3.8) is 0 Å². The Morgan fingerprint density at radius 2 is 1.96 bits per heavy atom. The van der Waals surface area contributed by atoms with Crippen molar-refractivity contribution in [2.75, 3.05) is 5.32 Å². The molecule has 0 aliphatic heterocycles. The number of halogens is 2. The summed E-state index contributed by atoms with van der Waals surface area (Å²) in [7, 11) is -3.80. The number of aromatic nitrogens is 1. The molecule has 2 amide bonds. The first-order valence-corrected chi connectivity index (χ1v) is 10.9. The van der Waals surface area contributed by atoms with Crippen molar-refractivity contribution in [3.05, 3.63) is 54.4 Å². The summed E-state index contributed by atoms with van der Waals surface area (Å²) < 4.78 is 39.6. The predicted molar refractivity (Wildman–Crippen MR) is 106 cm³/mol. The topological polar surface area (TPSA) is 88.2 Å². The number of nitrogens with zero attached hydrogens (tertiary/aromatic N) is 1.